The summed E-state index contributed by atoms with van der Waals surface area (Å²) in [5.74, 6) is 0. The van der Waals surface area contributed by atoms with Crippen molar-refractivity contribution in [1.82, 2.24) is 0 Å². The summed E-state index contributed by atoms with van der Waals surface area (Å²) in [5, 5.41) is 0. The first-order valence-electron chi connectivity index (χ1n) is 2.38. The number of hydrogen-bond acceptors (Lipinski definition) is 2. The summed E-state index contributed by atoms with van der Waals surface area (Å²) >= 11 is 0. The zero-order valence-electron chi connectivity index (χ0n) is 4.55. The molecule has 0 heterocycles. The Morgan fingerprint density at radius 1 is 1.71 bits per heavy atom. The van der Waals surface area contributed by atoms with E-state index in [4.69, 9.17) is 5.73 Å². The van der Waals surface area contributed by atoms with Crippen molar-refractivity contribution >= 4 is 0 Å². The smallest absolute Gasteiger partial charge is 0.136 e. The van der Waals surface area contributed by atoms with Crippen molar-refractivity contribution in [2.75, 3.05) is 6.73 Å². The molecule has 0 aliphatic carbocycles. The maximum Gasteiger partial charge on any atom is 0.136 e. The second-order valence-electron chi connectivity index (χ2n) is 1.11. The third-order valence-electron chi connectivity index (χ3n) is 0.524. The molecule has 0 aliphatic rings. The van der Waals surface area contributed by atoms with Crippen molar-refractivity contribution in [3.05, 3.63) is 12.3 Å². The first-order chi connectivity index (χ1) is 3.41. The lowest BCUT2D eigenvalue weighted by atomic mass is 10.5. The molecule has 0 bridgehead atoms. The molecule has 0 atom stereocenters. The van der Waals surface area contributed by atoms with E-state index in [1.165, 1.54) is 0 Å². The summed E-state index contributed by atoms with van der Waals surface area (Å²) in [6, 6.07) is 0. The molecule has 0 spiro atoms. The highest BCUT2D eigenvalue weighted by molar-refractivity contribution is 4.69. The molecule has 0 radical (unpaired) electrons. The highest BCUT2D eigenvalue weighted by Crippen LogP contribution is 1.77. The molecule has 2 nitrogen and oxygen atoms in total. The van der Waals surface area contributed by atoms with Crippen LogP contribution in [0, 0.1) is 0 Å². The van der Waals surface area contributed by atoms with Gasteiger partial charge in [-0.15, -0.1) is 0 Å². The largest absolute Gasteiger partial charge is 0.487 e. The van der Waals surface area contributed by atoms with E-state index in [-0.39, 0.29) is 6.73 Å². The Morgan fingerprint density at radius 3 is 2.86 bits per heavy atom. The molecule has 0 aromatic carbocycles. The van der Waals surface area contributed by atoms with E-state index in [1.807, 2.05) is 13.0 Å². The Hall–Kier alpha value is -0.500. The standard InChI is InChI=1S/C5H11NO/c1-2-3-4-7-5-6/h3-4H,2,5-6H2,1H3. The molecule has 2 heteroatoms. The van der Waals surface area contributed by atoms with Crippen LogP contribution in [-0.2, 0) is 4.74 Å². The molecule has 0 saturated carbocycles. The molecule has 0 aromatic rings. The van der Waals surface area contributed by atoms with E-state index in [0.717, 1.165) is 6.42 Å². The second-order valence-corrected chi connectivity index (χ2v) is 1.11. The zero-order chi connectivity index (χ0) is 5.54. The normalized spacial score (nSPS) is 10.0. The van der Waals surface area contributed by atoms with Gasteiger partial charge in [0.05, 0.1) is 6.26 Å². The van der Waals surface area contributed by atoms with Crippen LogP contribution in [0.2, 0.25) is 0 Å². The van der Waals surface area contributed by atoms with Gasteiger partial charge >= 0.3 is 0 Å². The molecule has 0 unspecified atom stereocenters. The minimum atomic E-state index is 0.274. The van der Waals surface area contributed by atoms with Gasteiger partial charge < -0.3 is 4.74 Å². The minimum Gasteiger partial charge on any atom is -0.487 e. The summed E-state index contributed by atoms with van der Waals surface area (Å²) in [5.41, 5.74) is 5.00. The Kier molecular flexibility index (Phi) is 5.11. The van der Waals surface area contributed by atoms with E-state index in [2.05, 4.69) is 4.74 Å². The van der Waals surface area contributed by atoms with Crippen molar-refractivity contribution in [1.29, 1.82) is 0 Å². The van der Waals surface area contributed by atoms with Crippen LogP contribution in [0.15, 0.2) is 12.3 Å². The van der Waals surface area contributed by atoms with Crippen molar-refractivity contribution in [2.24, 2.45) is 5.73 Å². The molecule has 0 aliphatic heterocycles. The van der Waals surface area contributed by atoms with Crippen molar-refractivity contribution < 1.29 is 4.74 Å². The van der Waals surface area contributed by atoms with Crippen LogP contribution in [0.1, 0.15) is 13.3 Å². The Bertz CT molecular complexity index is 52.0. The third-order valence-corrected chi connectivity index (χ3v) is 0.524. The average Bonchev–Trinajstić information content (AvgIpc) is 1.69. The monoisotopic (exact) mass is 101 g/mol. The third kappa shape index (κ3) is 5.50. The van der Waals surface area contributed by atoms with Crippen molar-refractivity contribution in [3.63, 3.8) is 0 Å². The predicted molar refractivity (Wildman–Crippen MR) is 29.6 cm³/mol. The molecule has 2 N–H and O–H groups in total. The molecular weight excluding hydrogens is 90.1 g/mol. The van der Waals surface area contributed by atoms with Gasteiger partial charge in [0.25, 0.3) is 0 Å². The van der Waals surface area contributed by atoms with Crippen LogP contribution in [-0.4, -0.2) is 6.73 Å². The second kappa shape index (κ2) is 5.50. The fourth-order valence-electron chi connectivity index (χ4n) is 0.220. The highest BCUT2D eigenvalue weighted by Gasteiger charge is 1.64. The van der Waals surface area contributed by atoms with E-state index < -0.39 is 0 Å². The van der Waals surface area contributed by atoms with Crippen LogP contribution < -0.4 is 5.73 Å². The van der Waals surface area contributed by atoms with E-state index in [0.29, 0.717) is 0 Å². The van der Waals surface area contributed by atoms with Gasteiger partial charge in [-0.1, -0.05) is 13.0 Å². The summed E-state index contributed by atoms with van der Waals surface area (Å²) in [4.78, 5) is 0. The molecule has 0 fully saturated rings. The number of rotatable bonds is 3. The quantitative estimate of drug-likeness (QED) is 0.422. The van der Waals surface area contributed by atoms with Crippen LogP contribution >= 0.6 is 0 Å². The topological polar surface area (TPSA) is 35.2 Å². The predicted octanol–water partition coefficient (Wildman–Crippen LogP) is 0.843. The Labute approximate surface area is 44.0 Å². The Balaban J connectivity index is 2.78. The van der Waals surface area contributed by atoms with Crippen molar-refractivity contribution in [2.45, 2.75) is 13.3 Å². The van der Waals surface area contributed by atoms with E-state index >= 15 is 0 Å². The molecular formula is C5H11NO. The average molecular weight is 101 g/mol. The number of allylic oxidation sites excluding steroid dienone is 1. The highest BCUT2D eigenvalue weighted by atomic mass is 16.5. The SMILES string of the molecule is CCC=COCN. The van der Waals surface area contributed by atoms with Crippen LogP contribution in [0.25, 0.3) is 0 Å². The maximum absolute atomic E-state index is 5.00. The fourth-order valence-corrected chi connectivity index (χ4v) is 0.220. The van der Waals surface area contributed by atoms with Gasteiger partial charge in [0.15, 0.2) is 0 Å². The molecule has 0 saturated heterocycles. The summed E-state index contributed by atoms with van der Waals surface area (Å²) in [6.45, 7) is 2.31. The van der Waals surface area contributed by atoms with Crippen LogP contribution in [0.3, 0.4) is 0 Å². The first-order valence-corrected chi connectivity index (χ1v) is 2.38. The summed E-state index contributed by atoms with van der Waals surface area (Å²) < 4.78 is 4.67. The molecule has 7 heavy (non-hydrogen) atoms. The summed E-state index contributed by atoms with van der Waals surface area (Å²) in [6.07, 6.45) is 4.52. The van der Waals surface area contributed by atoms with Gasteiger partial charge in [0.1, 0.15) is 6.73 Å². The Morgan fingerprint density at radius 2 is 2.43 bits per heavy atom. The number of ether oxygens (including phenoxy) is 1. The lowest BCUT2D eigenvalue weighted by Crippen LogP contribution is -1.98. The van der Waals surface area contributed by atoms with Gasteiger partial charge in [-0.25, -0.2) is 0 Å². The van der Waals surface area contributed by atoms with Crippen LogP contribution in [0.4, 0.5) is 0 Å². The van der Waals surface area contributed by atoms with Gasteiger partial charge in [-0.2, -0.15) is 0 Å². The van der Waals surface area contributed by atoms with Gasteiger partial charge in [0, 0.05) is 0 Å². The first kappa shape index (κ1) is 6.50. The van der Waals surface area contributed by atoms with E-state index in [9.17, 15) is 0 Å². The van der Waals surface area contributed by atoms with Crippen LogP contribution in [0.5, 0.6) is 0 Å². The number of nitrogens with two attached hydrogens (primary N) is 1. The maximum atomic E-state index is 5.00. The molecule has 0 rings (SSSR count). The van der Waals surface area contributed by atoms with Gasteiger partial charge in [0.2, 0.25) is 0 Å². The molecule has 42 valence electrons. The lowest BCUT2D eigenvalue weighted by Gasteiger charge is -1.88. The van der Waals surface area contributed by atoms with Gasteiger partial charge in [-0.05, 0) is 6.42 Å². The molecule has 0 amide bonds. The van der Waals surface area contributed by atoms with Crippen molar-refractivity contribution in [3.8, 4) is 0 Å². The summed E-state index contributed by atoms with van der Waals surface area (Å²) in [7, 11) is 0. The minimum absolute atomic E-state index is 0.274. The number of hydrogen-bond donors (Lipinski definition) is 1. The zero-order valence-corrected chi connectivity index (χ0v) is 4.55. The van der Waals surface area contributed by atoms with Gasteiger partial charge in [-0.3, -0.25) is 5.73 Å². The fraction of sp³-hybridized carbons (Fsp3) is 0.600. The molecule has 0 aromatic heterocycles. The lowest BCUT2D eigenvalue weighted by molar-refractivity contribution is 0.259. The van der Waals surface area contributed by atoms with E-state index in [1.54, 1.807) is 6.26 Å².